The minimum atomic E-state index is -0.492. The molecule has 106 valence electrons. The predicted octanol–water partition coefficient (Wildman–Crippen LogP) is 3.39. The second-order valence-electron chi connectivity index (χ2n) is 5.34. The number of ether oxygens (including phenoxy) is 2. The van der Waals surface area contributed by atoms with Gasteiger partial charge in [0.05, 0.1) is 18.8 Å². The Kier molecular flexibility index (Phi) is 5.23. The van der Waals surface area contributed by atoms with Crippen LogP contribution in [0.25, 0.3) is 0 Å². The highest BCUT2D eigenvalue weighted by Gasteiger charge is 2.15. The molecule has 0 bridgehead atoms. The fourth-order valence-electron chi connectivity index (χ4n) is 2.48. The molecule has 3 heteroatoms. The summed E-state index contributed by atoms with van der Waals surface area (Å²) in [6.45, 7) is 5.40. The van der Waals surface area contributed by atoms with Crippen molar-refractivity contribution in [3.05, 3.63) is 29.3 Å². The van der Waals surface area contributed by atoms with E-state index in [0.717, 1.165) is 36.3 Å². The van der Waals surface area contributed by atoms with Crippen molar-refractivity contribution < 1.29 is 14.6 Å². The molecule has 2 rings (SSSR count). The lowest BCUT2D eigenvalue weighted by molar-refractivity contribution is 0.0978. The molecule has 2 atom stereocenters. The van der Waals surface area contributed by atoms with Gasteiger partial charge in [-0.2, -0.15) is 0 Å². The number of aryl methyl sites for hydroxylation is 1. The lowest BCUT2D eigenvalue weighted by Gasteiger charge is -2.15. The van der Waals surface area contributed by atoms with Crippen LogP contribution >= 0.6 is 0 Å². The average molecular weight is 264 g/mol. The van der Waals surface area contributed by atoms with Gasteiger partial charge in [-0.1, -0.05) is 12.1 Å². The second-order valence-corrected chi connectivity index (χ2v) is 5.34. The van der Waals surface area contributed by atoms with E-state index in [-0.39, 0.29) is 0 Å². The van der Waals surface area contributed by atoms with Gasteiger partial charge in [-0.15, -0.1) is 0 Å². The van der Waals surface area contributed by atoms with Crippen molar-refractivity contribution in [1.82, 2.24) is 0 Å². The first kappa shape index (κ1) is 14.4. The third-order valence-corrected chi connectivity index (χ3v) is 3.57. The van der Waals surface area contributed by atoms with Crippen LogP contribution in [0.15, 0.2) is 18.2 Å². The van der Waals surface area contributed by atoms with E-state index in [1.54, 1.807) is 6.92 Å². The van der Waals surface area contributed by atoms with Crippen molar-refractivity contribution in [3.8, 4) is 5.75 Å². The third kappa shape index (κ3) is 4.22. The first-order valence-electron chi connectivity index (χ1n) is 7.20. The Morgan fingerprint density at radius 2 is 2.32 bits per heavy atom. The molecule has 19 heavy (non-hydrogen) atoms. The van der Waals surface area contributed by atoms with Crippen LogP contribution in [0.4, 0.5) is 0 Å². The Hall–Kier alpha value is -1.06. The van der Waals surface area contributed by atoms with Crippen LogP contribution in [-0.2, 0) is 4.74 Å². The SMILES string of the molecule is Cc1ccc(C(C)O)c(OCCCC2CCCO2)c1. The van der Waals surface area contributed by atoms with Crippen LogP contribution in [0.3, 0.4) is 0 Å². The van der Waals surface area contributed by atoms with E-state index in [4.69, 9.17) is 9.47 Å². The normalized spacial score (nSPS) is 20.5. The summed E-state index contributed by atoms with van der Waals surface area (Å²) >= 11 is 0. The van der Waals surface area contributed by atoms with Crippen LogP contribution < -0.4 is 4.74 Å². The first-order chi connectivity index (χ1) is 9.16. The van der Waals surface area contributed by atoms with E-state index in [1.165, 1.54) is 12.8 Å². The molecule has 1 aliphatic rings. The quantitative estimate of drug-likeness (QED) is 0.800. The number of hydrogen-bond acceptors (Lipinski definition) is 3. The predicted molar refractivity (Wildman–Crippen MR) is 75.5 cm³/mol. The van der Waals surface area contributed by atoms with Gasteiger partial charge in [0.1, 0.15) is 5.75 Å². The molecule has 1 saturated heterocycles. The molecular weight excluding hydrogens is 240 g/mol. The zero-order chi connectivity index (χ0) is 13.7. The first-order valence-corrected chi connectivity index (χ1v) is 7.20. The van der Waals surface area contributed by atoms with E-state index in [2.05, 4.69) is 0 Å². The Morgan fingerprint density at radius 1 is 1.47 bits per heavy atom. The lowest BCUT2D eigenvalue weighted by atomic mass is 10.1. The van der Waals surface area contributed by atoms with Crippen molar-refractivity contribution >= 4 is 0 Å². The fraction of sp³-hybridized carbons (Fsp3) is 0.625. The molecule has 0 amide bonds. The Balaban J connectivity index is 1.82. The maximum atomic E-state index is 9.72. The summed E-state index contributed by atoms with van der Waals surface area (Å²) in [7, 11) is 0. The maximum Gasteiger partial charge on any atom is 0.125 e. The number of aliphatic hydroxyl groups is 1. The maximum absolute atomic E-state index is 9.72. The molecule has 0 saturated carbocycles. The van der Waals surface area contributed by atoms with Gasteiger partial charge in [0.15, 0.2) is 0 Å². The fourth-order valence-corrected chi connectivity index (χ4v) is 2.48. The van der Waals surface area contributed by atoms with Crippen molar-refractivity contribution in [3.63, 3.8) is 0 Å². The third-order valence-electron chi connectivity index (χ3n) is 3.57. The smallest absolute Gasteiger partial charge is 0.125 e. The minimum absolute atomic E-state index is 0.428. The monoisotopic (exact) mass is 264 g/mol. The number of aliphatic hydroxyl groups excluding tert-OH is 1. The van der Waals surface area contributed by atoms with Crippen molar-refractivity contribution in [2.75, 3.05) is 13.2 Å². The summed E-state index contributed by atoms with van der Waals surface area (Å²) in [5, 5.41) is 9.72. The largest absolute Gasteiger partial charge is 0.493 e. The van der Waals surface area contributed by atoms with Gasteiger partial charge in [-0.25, -0.2) is 0 Å². The van der Waals surface area contributed by atoms with Gasteiger partial charge >= 0.3 is 0 Å². The molecule has 0 aromatic heterocycles. The van der Waals surface area contributed by atoms with Gasteiger partial charge in [-0.3, -0.25) is 0 Å². The topological polar surface area (TPSA) is 38.7 Å². The van der Waals surface area contributed by atoms with Crippen LogP contribution in [-0.4, -0.2) is 24.4 Å². The molecule has 1 aliphatic heterocycles. The molecule has 0 radical (unpaired) electrons. The van der Waals surface area contributed by atoms with E-state index in [9.17, 15) is 5.11 Å². The van der Waals surface area contributed by atoms with Crippen LogP contribution in [0.2, 0.25) is 0 Å². The zero-order valence-electron chi connectivity index (χ0n) is 11.9. The van der Waals surface area contributed by atoms with Gasteiger partial charge < -0.3 is 14.6 Å². The van der Waals surface area contributed by atoms with Gasteiger partial charge in [-0.05, 0) is 51.2 Å². The standard InChI is InChI=1S/C16H24O3/c1-12-7-8-15(13(2)17)16(11-12)19-10-4-6-14-5-3-9-18-14/h7-8,11,13-14,17H,3-6,9-10H2,1-2H3. The number of benzene rings is 1. The van der Waals surface area contributed by atoms with Gasteiger partial charge in [0.25, 0.3) is 0 Å². The van der Waals surface area contributed by atoms with E-state index >= 15 is 0 Å². The summed E-state index contributed by atoms with van der Waals surface area (Å²) in [6.07, 6.45) is 4.37. The molecule has 1 heterocycles. The van der Waals surface area contributed by atoms with E-state index in [1.807, 2.05) is 25.1 Å². The molecule has 0 spiro atoms. The van der Waals surface area contributed by atoms with Gasteiger partial charge in [0, 0.05) is 12.2 Å². The summed E-state index contributed by atoms with van der Waals surface area (Å²) in [5.41, 5.74) is 2.02. The molecule has 1 aromatic carbocycles. The van der Waals surface area contributed by atoms with Crippen molar-refractivity contribution in [2.45, 2.75) is 51.7 Å². The summed E-state index contributed by atoms with van der Waals surface area (Å²) in [6, 6.07) is 5.94. The Morgan fingerprint density at radius 3 is 3.00 bits per heavy atom. The Labute approximate surface area is 115 Å². The molecule has 3 nitrogen and oxygen atoms in total. The molecular formula is C16H24O3. The van der Waals surface area contributed by atoms with E-state index < -0.39 is 6.10 Å². The highest BCUT2D eigenvalue weighted by atomic mass is 16.5. The molecule has 0 aliphatic carbocycles. The highest BCUT2D eigenvalue weighted by molar-refractivity contribution is 5.38. The molecule has 1 N–H and O–H groups in total. The van der Waals surface area contributed by atoms with Crippen LogP contribution in [0.5, 0.6) is 5.75 Å². The molecule has 1 aromatic rings. The summed E-state index contributed by atoms with van der Waals surface area (Å²) in [5.74, 6) is 0.808. The average Bonchev–Trinajstić information content (AvgIpc) is 2.87. The summed E-state index contributed by atoms with van der Waals surface area (Å²) in [4.78, 5) is 0. The number of rotatable bonds is 6. The number of hydrogen-bond donors (Lipinski definition) is 1. The molecule has 1 fully saturated rings. The van der Waals surface area contributed by atoms with Crippen LogP contribution in [0.1, 0.15) is 49.8 Å². The second kappa shape index (κ2) is 6.92. The van der Waals surface area contributed by atoms with Gasteiger partial charge in [0.2, 0.25) is 0 Å². The highest BCUT2D eigenvalue weighted by Crippen LogP contribution is 2.26. The van der Waals surface area contributed by atoms with Crippen molar-refractivity contribution in [1.29, 1.82) is 0 Å². The zero-order valence-corrected chi connectivity index (χ0v) is 11.9. The lowest BCUT2D eigenvalue weighted by Crippen LogP contribution is -2.08. The minimum Gasteiger partial charge on any atom is -0.493 e. The van der Waals surface area contributed by atoms with Crippen molar-refractivity contribution in [2.24, 2.45) is 0 Å². The van der Waals surface area contributed by atoms with E-state index in [0.29, 0.717) is 12.7 Å². The summed E-state index contributed by atoms with van der Waals surface area (Å²) < 4.78 is 11.4. The Bertz CT molecular complexity index is 395. The molecule has 2 unspecified atom stereocenters. The van der Waals surface area contributed by atoms with Crippen LogP contribution in [0, 0.1) is 6.92 Å².